The summed E-state index contributed by atoms with van der Waals surface area (Å²) in [6.07, 6.45) is -0.788. The van der Waals surface area contributed by atoms with E-state index in [1.807, 2.05) is 6.07 Å². The average Bonchev–Trinajstić information content (AvgIpc) is 2.59. The third kappa shape index (κ3) is 3.37. The molecule has 5 nitrogen and oxygen atoms in total. The molecule has 0 radical (unpaired) electrons. The summed E-state index contributed by atoms with van der Waals surface area (Å²) in [7, 11) is 0. The topological polar surface area (TPSA) is 58.6 Å². The number of halogens is 1. The number of rotatable bonds is 3. The molecular formula is C18H17FN2O3. The first-order valence-corrected chi connectivity index (χ1v) is 7.60. The van der Waals surface area contributed by atoms with Gasteiger partial charge in [-0.3, -0.25) is 9.59 Å². The predicted octanol–water partition coefficient (Wildman–Crippen LogP) is 2.26. The first kappa shape index (κ1) is 16.0. The third-order valence-corrected chi connectivity index (χ3v) is 3.83. The summed E-state index contributed by atoms with van der Waals surface area (Å²) in [4.78, 5) is 25.7. The van der Waals surface area contributed by atoms with E-state index in [0.29, 0.717) is 11.4 Å². The van der Waals surface area contributed by atoms with Gasteiger partial charge in [0.15, 0.2) is 6.10 Å². The molecule has 0 aliphatic carbocycles. The summed E-state index contributed by atoms with van der Waals surface area (Å²) in [5.74, 6) is -0.294. The summed E-state index contributed by atoms with van der Waals surface area (Å²) in [5, 5.41) is 2.75. The number of carbonyl (C=O) groups is 2. The molecule has 124 valence electrons. The van der Waals surface area contributed by atoms with Crippen LogP contribution >= 0.6 is 0 Å². The van der Waals surface area contributed by atoms with E-state index in [4.69, 9.17) is 4.74 Å². The molecule has 6 heteroatoms. The Morgan fingerprint density at radius 3 is 2.62 bits per heavy atom. The Bertz CT molecular complexity index is 761. The van der Waals surface area contributed by atoms with E-state index >= 15 is 0 Å². The summed E-state index contributed by atoms with van der Waals surface area (Å²) in [6.45, 7) is 1.87. The van der Waals surface area contributed by atoms with Gasteiger partial charge in [-0.1, -0.05) is 24.3 Å². The van der Waals surface area contributed by atoms with Crippen LogP contribution in [0.3, 0.4) is 0 Å². The van der Waals surface area contributed by atoms with Crippen molar-refractivity contribution in [3.05, 3.63) is 59.9 Å². The quantitative estimate of drug-likeness (QED) is 0.940. The highest BCUT2D eigenvalue weighted by molar-refractivity contribution is 5.95. The van der Waals surface area contributed by atoms with E-state index in [1.165, 1.54) is 24.0 Å². The van der Waals surface area contributed by atoms with E-state index in [9.17, 15) is 14.0 Å². The van der Waals surface area contributed by atoms with Gasteiger partial charge in [0, 0.05) is 13.5 Å². The lowest BCUT2D eigenvalue weighted by Gasteiger charge is -2.33. The molecule has 0 saturated heterocycles. The Kier molecular flexibility index (Phi) is 4.46. The van der Waals surface area contributed by atoms with Crippen molar-refractivity contribution in [2.75, 3.05) is 11.4 Å². The zero-order valence-corrected chi connectivity index (χ0v) is 13.2. The van der Waals surface area contributed by atoms with E-state index in [1.54, 1.807) is 30.3 Å². The number of fused-ring (bicyclic) bond motifs is 1. The summed E-state index contributed by atoms with van der Waals surface area (Å²) >= 11 is 0. The molecule has 3 rings (SSSR count). The number of anilines is 1. The Morgan fingerprint density at radius 2 is 1.92 bits per heavy atom. The Hall–Kier alpha value is -2.89. The van der Waals surface area contributed by atoms with Crippen molar-refractivity contribution in [1.82, 2.24) is 5.32 Å². The largest absolute Gasteiger partial charge is 0.477 e. The molecule has 0 aromatic heterocycles. The molecule has 2 amide bonds. The van der Waals surface area contributed by atoms with Crippen LogP contribution in [-0.4, -0.2) is 24.5 Å². The molecular weight excluding hydrogens is 311 g/mol. The van der Waals surface area contributed by atoms with Crippen LogP contribution in [0, 0.1) is 5.82 Å². The standard InChI is InChI=1S/C18H17FN2O3/c1-12(22)21-11-17(24-16-5-3-2-4-15(16)21)18(23)20-10-13-6-8-14(19)9-7-13/h2-9,17H,10-11H2,1H3,(H,20,23)/t17-/m0/s1. The number of nitrogens with zero attached hydrogens (tertiary/aromatic N) is 1. The van der Waals surface area contributed by atoms with Crippen LogP contribution in [0.4, 0.5) is 10.1 Å². The van der Waals surface area contributed by atoms with Gasteiger partial charge in [0.25, 0.3) is 5.91 Å². The van der Waals surface area contributed by atoms with Gasteiger partial charge in [0.05, 0.1) is 12.2 Å². The fourth-order valence-corrected chi connectivity index (χ4v) is 2.57. The molecule has 2 aromatic carbocycles. The van der Waals surface area contributed by atoms with Crippen LogP contribution < -0.4 is 15.0 Å². The van der Waals surface area contributed by atoms with Crippen molar-refractivity contribution in [3.63, 3.8) is 0 Å². The van der Waals surface area contributed by atoms with Crippen LogP contribution in [0.2, 0.25) is 0 Å². The second-order valence-electron chi connectivity index (χ2n) is 5.55. The predicted molar refractivity (Wildman–Crippen MR) is 87.1 cm³/mol. The monoisotopic (exact) mass is 328 g/mol. The van der Waals surface area contributed by atoms with Gasteiger partial charge in [0.2, 0.25) is 5.91 Å². The van der Waals surface area contributed by atoms with Crippen LogP contribution in [0.25, 0.3) is 0 Å². The molecule has 0 spiro atoms. The maximum Gasteiger partial charge on any atom is 0.263 e. The van der Waals surface area contributed by atoms with Crippen molar-refractivity contribution in [2.24, 2.45) is 0 Å². The average molecular weight is 328 g/mol. The zero-order chi connectivity index (χ0) is 17.1. The highest BCUT2D eigenvalue weighted by Gasteiger charge is 2.32. The number of carbonyl (C=O) groups excluding carboxylic acids is 2. The van der Waals surface area contributed by atoms with Gasteiger partial charge in [0.1, 0.15) is 11.6 Å². The van der Waals surface area contributed by atoms with Crippen molar-refractivity contribution < 1.29 is 18.7 Å². The maximum atomic E-state index is 12.9. The second kappa shape index (κ2) is 6.70. The van der Waals surface area contributed by atoms with Gasteiger partial charge >= 0.3 is 0 Å². The number of nitrogens with one attached hydrogen (secondary N) is 1. The molecule has 0 bridgehead atoms. The number of hydrogen-bond donors (Lipinski definition) is 1. The molecule has 0 saturated carbocycles. The van der Waals surface area contributed by atoms with Gasteiger partial charge < -0.3 is 15.0 Å². The molecule has 1 atom stereocenters. The van der Waals surface area contributed by atoms with Crippen LogP contribution in [0.5, 0.6) is 5.75 Å². The number of ether oxygens (including phenoxy) is 1. The first-order chi connectivity index (χ1) is 11.5. The highest BCUT2D eigenvalue weighted by Crippen LogP contribution is 2.33. The van der Waals surface area contributed by atoms with Gasteiger partial charge in [-0.25, -0.2) is 4.39 Å². The lowest BCUT2D eigenvalue weighted by Crippen LogP contribution is -2.50. The molecule has 2 aromatic rings. The Morgan fingerprint density at radius 1 is 1.21 bits per heavy atom. The third-order valence-electron chi connectivity index (χ3n) is 3.83. The molecule has 1 aliphatic rings. The number of hydrogen-bond acceptors (Lipinski definition) is 3. The smallest absolute Gasteiger partial charge is 0.263 e. The maximum absolute atomic E-state index is 12.9. The van der Waals surface area contributed by atoms with Crippen molar-refractivity contribution >= 4 is 17.5 Å². The van der Waals surface area contributed by atoms with Gasteiger partial charge in [-0.15, -0.1) is 0 Å². The van der Waals surface area contributed by atoms with E-state index in [-0.39, 0.29) is 30.7 Å². The van der Waals surface area contributed by atoms with Crippen LogP contribution in [0.1, 0.15) is 12.5 Å². The molecule has 0 unspecified atom stereocenters. The van der Waals surface area contributed by atoms with Crippen molar-refractivity contribution in [2.45, 2.75) is 19.6 Å². The summed E-state index contributed by atoms with van der Waals surface area (Å²) in [6, 6.07) is 13.0. The zero-order valence-electron chi connectivity index (χ0n) is 13.2. The lowest BCUT2D eigenvalue weighted by molar-refractivity contribution is -0.128. The normalized spacial score (nSPS) is 16.1. The van der Waals surface area contributed by atoms with Crippen LogP contribution in [-0.2, 0) is 16.1 Å². The fraction of sp³-hybridized carbons (Fsp3) is 0.222. The highest BCUT2D eigenvalue weighted by atomic mass is 19.1. The molecule has 1 aliphatic heterocycles. The van der Waals surface area contributed by atoms with Crippen molar-refractivity contribution in [3.8, 4) is 5.75 Å². The second-order valence-corrected chi connectivity index (χ2v) is 5.55. The molecule has 24 heavy (non-hydrogen) atoms. The first-order valence-electron chi connectivity index (χ1n) is 7.60. The number of benzene rings is 2. The fourth-order valence-electron chi connectivity index (χ4n) is 2.57. The van der Waals surface area contributed by atoms with Crippen LogP contribution in [0.15, 0.2) is 48.5 Å². The summed E-state index contributed by atoms with van der Waals surface area (Å²) in [5.41, 5.74) is 1.44. The van der Waals surface area contributed by atoms with Gasteiger partial charge in [-0.2, -0.15) is 0 Å². The van der Waals surface area contributed by atoms with Gasteiger partial charge in [-0.05, 0) is 29.8 Å². The molecule has 0 fully saturated rings. The van der Waals surface area contributed by atoms with E-state index in [0.717, 1.165) is 5.56 Å². The Balaban J connectivity index is 1.69. The molecule has 1 N–H and O–H groups in total. The van der Waals surface area contributed by atoms with Crippen molar-refractivity contribution in [1.29, 1.82) is 0 Å². The summed E-state index contributed by atoms with van der Waals surface area (Å²) < 4.78 is 18.6. The minimum atomic E-state index is -0.788. The number of para-hydroxylation sites is 2. The SMILES string of the molecule is CC(=O)N1C[C@@H](C(=O)NCc2ccc(F)cc2)Oc2ccccc21. The Labute approximate surface area is 139 Å². The van der Waals surface area contributed by atoms with E-state index < -0.39 is 6.10 Å². The number of amides is 2. The minimum absolute atomic E-state index is 0.151. The molecule has 1 heterocycles. The minimum Gasteiger partial charge on any atom is -0.477 e. The lowest BCUT2D eigenvalue weighted by atomic mass is 10.1. The van der Waals surface area contributed by atoms with E-state index in [2.05, 4.69) is 5.32 Å².